The van der Waals surface area contributed by atoms with Gasteiger partial charge in [-0.2, -0.15) is 0 Å². The summed E-state index contributed by atoms with van der Waals surface area (Å²) in [6, 6.07) is 6.13. The van der Waals surface area contributed by atoms with Crippen molar-refractivity contribution in [3.8, 4) is 5.75 Å². The third kappa shape index (κ3) is 6.75. The maximum absolute atomic E-state index is 10.6. The number of nitro groups is 1. The summed E-state index contributed by atoms with van der Waals surface area (Å²) < 4.78 is 11.8. The lowest BCUT2D eigenvalue weighted by Gasteiger charge is -2.30. The van der Waals surface area contributed by atoms with Gasteiger partial charge in [0.25, 0.3) is 5.69 Å². The molecule has 0 aliphatic carbocycles. The highest BCUT2D eigenvalue weighted by Gasteiger charge is 2.23. The zero-order valence-corrected chi connectivity index (χ0v) is 15.2. The van der Waals surface area contributed by atoms with Gasteiger partial charge in [-0.15, -0.1) is 0 Å². The summed E-state index contributed by atoms with van der Waals surface area (Å²) in [7, 11) is 0. The van der Waals surface area contributed by atoms with E-state index in [0.29, 0.717) is 12.4 Å². The smallest absolute Gasteiger partial charge is 0.269 e. The lowest BCUT2D eigenvalue weighted by atomic mass is 10.0. The van der Waals surface area contributed by atoms with E-state index < -0.39 is 10.5 Å². The predicted molar refractivity (Wildman–Crippen MR) is 90.9 cm³/mol. The summed E-state index contributed by atoms with van der Waals surface area (Å²) in [5, 5.41) is 11.5. The Morgan fingerprint density at radius 2 is 1.68 bits per heavy atom. The molecule has 0 amide bonds. The van der Waals surface area contributed by atoms with Gasteiger partial charge in [0.05, 0.1) is 17.1 Å². The minimum absolute atomic E-state index is 0.0602. The fraction of sp³-hybridized carbons (Fsp3) is 0.625. The van der Waals surface area contributed by atoms with Gasteiger partial charge in [0, 0.05) is 23.9 Å². The minimum Gasteiger partial charge on any atom is -0.488 e. The Morgan fingerprint density at radius 1 is 1.09 bits per heavy atom. The fourth-order valence-electron chi connectivity index (χ4n) is 1.88. The first-order valence-electron chi connectivity index (χ1n) is 7.29. The largest absolute Gasteiger partial charge is 0.488 e. The topological polar surface area (TPSA) is 61.6 Å². The second-order valence-corrected chi connectivity index (χ2v) is 7.20. The first-order chi connectivity index (χ1) is 10.2. The Kier molecular flexibility index (Phi) is 6.81. The van der Waals surface area contributed by atoms with Crippen LogP contribution in [0.25, 0.3) is 0 Å². The average molecular weight is 374 g/mol. The van der Waals surface area contributed by atoms with E-state index in [0.717, 1.165) is 18.2 Å². The summed E-state index contributed by atoms with van der Waals surface area (Å²) >= 11 is 3.42. The molecule has 0 saturated carbocycles. The van der Waals surface area contributed by atoms with Crippen molar-refractivity contribution in [1.29, 1.82) is 0 Å². The van der Waals surface area contributed by atoms with Gasteiger partial charge in [-0.1, -0.05) is 15.9 Å². The molecule has 124 valence electrons. The molecule has 0 N–H and O–H groups in total. The van der Waals surface area contributed by atoms with Crippen LogP contribution < -0.4 is 4.74 Å². The molecule has 1 rings (SSSR count). The number of ether oxygens (including phenoxy) is 2. The van der Waals surface area contributed by atoms with Gasteiger partial charge < -0.3 is 9.47 Å². The van der Waals surface area contributed by atoms with E-state index in [-0.39, 0.29) is 11.3 Å². The van der Waals surface area contributed by atoms with Crippen LogP contribution in [-0.2, 0) is 4.74 Å². The van der Waals surface area contributed by atoms with Gasteiger partial charge >= 0.3 is 0 Å². The van der Waals surface area contributed by atoms with E-state index in [9.17, 15) is 10.1 Å². The van der Waals surface area contributed by atoms with Crippen LogP contribution in [0.2, 0.25) is 0 Å². The quantitative estimate of drug-likeness (QED) is 0.356. The second-order valence-electron chi connectivity index (χ2n) is 6.41. The van der Waals surface area contributed by atoms with E-state index in [1.165, 1.54) is 12.1 Å². The lowest BCUT2D eigenvalue weighted by molar-refractivity contribution is -0.384. The van der Waals surface area contributed by atoms with E-state index in [1.807, 2.05) is 13.8 Å². The second kappa shape index (κ2) is 7.92. The average Bonchev–Trinajstić information content (AvgIpc) is 2.38. The summed E-state index contributed by atoms with van der Waals surface area (Å²) in [5.74, 6) is 0.621. The van der Waals surface area contributed by atoms with Crippen LogP contribution in [0.4, 0.5) is 5.69 Å². The van der Waals surface area contributed by atoms with Crippen molar-refractivity contribution in [2.45, 2.75) is 51.7 Å². The fourth-order valence-corrected chi connectivity index (χ4v) is 2.83. The molecule has 0 saturated heterocycles. The molecule has 5 nitrogen and oxygen atoms in total. The predicted octanol–water partition coefficient (Wildman–Crippen LogP) is 4.72. The number of hydrogen-bond donors (Lipinski definition) is 0. The third-order valence-corrected chi connectivity index (χ3v) is 3.73. The number of nitrogens with zero attached hydrogens (tertiary/aromatic N) is 1. The molecule has 0 unspecified atom stereocenters. The zero-order valence-electron chi connectivity index (χ0n) is 13.6. The van der Waals surface area contributed by atoms with Gasteiger partial charge in [-0.05, 0) is 46.2 Å². The molecule has 0 aliphatic heterocycles. The number of rotatable bonds is 9. The van der Waals surface area contributed by atoms with Crippen molar-refractivity contribution in [2.24, 2.45) is 0 Å². The summed E-state index contributed by atoms with van der Waals surface area (Å²) in [4.78, 5) is 10.2. The SMILES string of the molecule is CC(C)(CCBr)OCCC(C)(C)Oc1ccc([N+](=O)[O-])cc1. The van der Waals surface area contributed by atoms with Crippen LogP contribution in [-0.4, -0.2) is 28.1 Å². The van der Waals surface area contributed by atoms with Crippen LogP contribution in [0.5, 0.6) is 5.75 Å². The molecular weight excluding hydrogens is 350 g/mol. The molecule has 0 aliphatic rings. The highest BCUT2D eigenvalue weighted by atomic mass is 79.9. The van der Waals surface area contributed by atoms with Crippen molar-refractivity contribution >= 4 is 21.6 Å². The van der Waals surface area contributed by atoms with Crippen molar-refractivity contribution < 1.29 is 14.4 Å². The van der Waals surface area contributed by atoms with Gasteiger partial charge in [0.1, 0.15) is 11.4 Å². The summed E-state index contributed by atoms with van der Waals surface area (Å²) in [6.07, 6.45) is 1.67. The van der Waals surface area contributed by atoms with Crippen molar-refractivity contribution in [2.75, 3.05) is 11.9 Å². The molecule has 0 aromatic heterocycles. The van der Waals surface area contributed by atoms with Crippen LogP contribution in [0.15, 0.2) is 24.3 Å². The molecular formula is C16H24BrNO4. The molecule has 1 aromatic rings. The van der Waals surface area contributed by atoms with Gasteiger partial charge in [-0.25, -0.2) is 0 Å². The Labute approximate surface area is 140 Å². The number of halogens is 1. The number of alkyl halides is 1. The highest BCUT2D eigenvalue weighted by Crippen LogP contribution is 2.25. The number of benzene rings is 1. The molecule has 0 spiro atoms. The van der Waals surface area contributed by atoms with Crippen LogP contribution >= 0.6 is 15.9 Å². The number of nitro benzene ring substituents is 1. The van der Waals surface area contributed by atoms with Gasteiger partial charge in [0.15, 0.2) is 0 Å². The monoisotopic (exact) mass is 373 g/mol. The normalized spacial score (nSPS) is 12.2. The van der Waals surface area contributed by atoms with E-state index >= 15 is 0 Å². The van der Waals surface area contributed by atoms with Gasteiger partial charge in [-0.3, -0.25) is 10.1 Å². The molecule has 0 atom stereocenters. The Morgan fingerprint density at radius 3 is 2.18 bits per heavy atom. The van der Waals surface area contributed by atoms with E-state index in [2.05, 4.69) is 29.8 Å². The minimum atomic E-state index is -0.422. The Bertz CT molecular complexity index is 485. The molecule has 22 heavy (non-hydrogen) atoms. The Balaban J connectivity index is 2.51. The van der Waals surface area contributed by atoms with Crippen LogP contribution in [0.3, 0.4) is 0 Å². The maximum atomic E-state index is 10.6. The first-order valence-corrected chi connectivity index (χ1v) is 8.41. The lowest BCUT2D eigenvalue weighted by Crippen LogP contribution is -2.33. The Hall–Kier alpha value is -1.14. The summed E-state index contributed by atoms with van der Waals surface area (Å²) in [5.41, 5.74) is -0.502. The van der Waals surface area contributed by atoms with Crippen molar-refractivity contribution in [3.05, 3.63) is 34.4 Å². The maximum Gasteiger partial charge on any atom is 0.269 e. The first kappa shape index (κ1) is 18.9. The van der Waals surface area contributed by atoms with E-state index in [1.54, 1.807) is 12.1 Å². The van der Waals surface area contributed by atoms with Gasteiger partial charge in [0.2, 0.25) is 0 Å². The van der Waals surface area contributed by atoms with Crippen LogP contribution in [0.1, 0.15) is 40.5 Å². The molecule has 0 bridgehead atoms. The van der Waals surface area contributed by atoms with Crippen LogP contribution in [0, 0.1) is 10.1 Å². The molecule has 0 heterocycles. The number of hydrogen-bond acceptors (Lipinski definition) is 4. The summed E-state index contributed by atoms with van der Waals surface area (Å²) in [6.45, 7) is 8.70. The molecule has 1 aromatic carbocycles. The standard InChI is InChI=1S/C16H24BrNO4/c1-15(2,9-11-17)21-12-10-16(3,4)22-14-7-5-13(6-8-14)18(19)20/h5-8H,9-12H2,1-4H3. The molecule has 0 fully saturated rings. The van der Waals surface area contributed by atoms with E-state index in [4.69, 9.17) is 9.47 Å². The third-order valence-electron chi connectivity index (χ3n) is 3.34. The zero-order chi connectivity index (χ0) is 16.8. The van der Waals surface area contributed by atoms with Crippen molar-refractivity contribution in [3.63, 3.8) is 0 Å². The van der Waals surface area contributed by atoms with Crippen molar-refractivity contribution in [1.82, 2.24) is 0 Å². The highest BCUT2D eigenvalue weighted by molar-refractivity contribution is 9.09. The molecule has 0 radical (unpaired) electrons. The number of non-ortho nitro benzene ring substituents is 1. The molecule has 6 heteroatoms.